The molecule has 2 rings (SSSR count). The molecule has 2 aromatic carbocycles. The first-order valence-electron chi connectivity index (χ1n) is 6.86. The molecular weight excluding hydrogens is 332 g/mol. The van der Waals surface area contributed by atoms with Crippen molar-refractivity contribution >= 4 is 15.9 Å². The Morgan fingerprint density at radius 2 is 1.62 bits per heavy atom. The van der Waals surface area contributed by atoms with Gasteiger partial charge < -0.3 is 14.6 Å². The predicted molar refractivity (Wildman–Crippen MR) is 87.1 cm³/mol. The molecule has 112 valence electrons. The lowest BCUT2D eigenvalue weighted by Gasteiger charge is -2.15. The zero-order chi connectivity index (χ0) is 15.1. The van der Waals surface area contributed by atoms with Gasteiger partial charge in [-0.15, -0.1) is 0 Å². The van der Waals surface area contributed by atoms with E-state index in [1.807, 2.05) is 48.5 Å². The minimum atomic E-state index is 0.0938. The second kappa shape index (κ2) is 8.05. The second-order valence-corrected chi connectivity index (χ2v) is 5.66. The van der Waals surface area contributed by atoms with Gasteiger partial charge in [-0.05, 0) is 48.4 Å². The van der Waals surface area contributed by atoms with E-state index in [0.717, 1.165) is 28.0 Å². The van der Waals surface area contributed by atoms with Gasteiger partial charge in [-0.3, -0.25) is 0 Å². The average molecular weight is 351 g/mol. The Balaban J connectivity index is 1.86. The van der Waals surface area contributed by atoms with E-state index < -0.39 is 0 Å². The summed E-state index contributed by atoms with van der Waals surface area (Å²) in [5.74, 6) is 1.71. The van der Waals surface area contributed by atoms with Crippen LogP contribution in [0.3, 0.4) is 0 Å². The van der Waals surface area contributed by atoms with Gasteiger partial charge in [0, 0.05) is 10.4 Å². The summed E-state index contributed by atoms with van der Waals surface area (Å²) in [6, 6.07) is 15.5. The lowest BCUT2D eigenvalue weighted by molar-refractivity contribution is 0.229. The van der Waals surface area contributed by atoms with E-state index >= 15 is 0 Å². The summed E-state index contributed by atoms with van der Waals surface area (Å²) < 4.78 is 11.9. The van der Waals surface area contributed by atoms with Gasteiger partial charge in [-0.1, -0.05) is 28.1 Å². The van der Waals surface area contributed by atoms with Crippen LogP contribution >= 0.6 is 15.9 Å². The maximum Gasteiger partial charge on any atom is 0.119 e. The monoisotopic (exact) mass is 350 g/mol. The standard InChI is InChI=1S/C17H19BrO3/c1-20-16-6-8-17(9-7-16)21-11-10-14(12-19)13-2-4-15(18)5-3-13/h2-9,14,19H,10-12H2,1H3. The van der Waals surface area contributed by atoms with Gasteiger partial charge in [0.25, 0.3) is 0 Å². The van der Waals surface area contributed by atoms with Crippen molar-refractivity contribution in [3.63, 3.8) is 0 Å². The molecule has 0 aromatic heterocycles. The van der Waals surface area contributed by atoms with Gasteiger partial charge in [-0.2, -0.15) is 0 Å². The van der Waals surface area contributed by atoms with Gasteiger partial charge in [0.05, 0.1) is 20.3 Å². The van der Waals surface area contributed by atoms with Gasteiger partial charge in [0.2, 0.25) is 0 Å². The van der Waals surface area contributed by atoms with Gasteiger partial charge in [-0.25, -0.2) is 0 Å². The van der Waals surface area contributed by atoms with Crippen LogP contribution in [0.25, 0.3) is 0 Å². The molecule has 0 aliphatic rings. The molecule has 0 amide bonds. The molecule has 0 radical (unpaired) electrons. The number of hydrogen-bond donors (Lipinski definition) is 1. The zero-order valence-electron chi connectivity index (χ0n) is 12.0. The van der Waals surface area contributed by atoms with Crippen LogP contribution < -0.4 is 9.47 Å². The van der Waals surface area contributed by atoms with Crippen LogP contribution in [0, 0.1) is 0 Å². The van der Waals surface area contributed by atoms with Crippen LogP contribution in [0.2, 0.25) is 0 Å². The van der Waals surface area contributed by atoms with Crippen molar-refractivity contribution in [3.05, 3.63) is 58.6 Å². The predicted octanol–water partition coefficient (Wildman–Crippen LogP) is 4.00. The van der Waals surface area contributed by atoms with Crippen LogP contribution in [0.4, 0.5) is 0 Å². The molecule has 3 nitrogen and oxygen atoms in total. The Bertz CT molecular complexity index is 537. The Hall–Kier alpha value is -1.52. The number of hydrogen-bond acceptors (Lipinski definition) is 3. The highest BCUT2D eigenvalue weighted by Crippen LogP contribution is 2.23. The highest BCUT2D eigenvalue weighted by Gasteiger charge is 2.10. The zero-order valence-corrected chi connectivity index (χ0v) is 13.5. The van der Waals surface area contributed by atoms with Gasteiger partial charge >= 0.3 is 0 Å². The highest BCUT2D eigenvalue weighted by atomic mass is 79.9. The van der Waals surface area contributed by atoms with Crippen molar-refractivity contribution in [3.8, 4) is 11.5 Å². The Morgan fingerprint density at radius 3 is 2.19 bits per heavy atom. The SMILES string of the molecule is COc1ccc(OCCC(CO)c2ccc(Br)cc2)cc1. The molecule has 21 heavy (non-hydrogen) atoms. The number of aliphatic hydroxyl groups excluding tert-OH is 1. The maximum absolute atomic E-state index is 9.53. The normalized spacial score (nSPS) is 12.0. The Kier molecular flexibility index (Phi) is 6.08. The van der Waals surface area contributed by atoms with Crippen LogP contribution in [-0.2, 0) is 0 Å². The third-order valence-corrected chi connectivity index (χ3v) is 3.88. The molecule has 2 aromatic rings. The molecule has 0 aliphatic carbocycles. The van der Waals surface area contributed by atoms with E-state index in [-0.39, 0.29) is 12.5 Å². The third kappa shape index (κ3) is 4.76. The van der Waals surface area contributed by atoms with Gasteiger partial charge in [0.1, 0.15) is 11.5 Å². The summed E-state index contributed by atoms with van der Waals surface area (Å²) in [7, 11) is 1.64. The molecule has 4 heteroatoms. The first-order valence-corrected chi connectivity index (χ1v) is 7.65. The topological polar surface area (TPSA) is 38.7 Å². The first-order chi connectivity index (χ1) is 10.2. The molecule has 0 aliphatic heterocycles. The van der Waals surface area contributed by atoms with Crippen molar-refractivity contribution < 1.29 is 14.6 Å². The van der Waals surface area contributed by atoms with E-state index in [4.69, 9.17) is 9.47 Å². The largest absolute Gasteiger partial charge is 0.497 e. The van der Waals surface area contributed by atoms with E-state index in [0.29, 0.717) is 6.61 Å². The number of halogens is 1. The molecule has 1 atom stereocenters. The van der Waals surface area contributed by atoms with Crippen LogP contribution in [0.1, 0.15) is 17.9 Å². The summed E-state index contributed by atoms with van der Waals surface area (Å²) in [6.07, 6.45) is 0.768. The van der Waals surface area contributed by atoms with E-state index in [2.05, 4.69) is 15.9 Å². The van der Waals surface area contributed by atoms with Crippen molar-refractivity contribution in [2.24, 2.45) is 0 Å². The first kappa shape index (κ1) is 15.9. The number of ether oxygens (including phenoxy) is 2. The Labute approximate surface area is 133 Å². The summed E-state index contributed by atoms with van der Waals surface area (Å²) in [5, 5.41) is 9.53. The molecule has 0 spiro atoms. The molecule has 0 saturated heterocycles. The van der Waals surface area contributed by atoms with E-state index in [1.54, 1.807) is 7.11 Å². The maximum atomic E-state index is 9.53. The number of rotatable bonds is 7. The smallest absolute Gasteiger partial charge is 0.119 e. The number of methoxy groups -OCH3 is 1. The minimum absolute atomic E-state index is 0.0938. The molecule has 0 fully saturated rings. The van der Waals surface area contributed by atoms with Crippen LogP contribution in [0.5, 0.6) is 11.5 Å². The summed E-state index contributed by atoms with van der Waals surface area (Å²) in [5.41, 5.74) is 1.12. The van der Waals surface area contributed by atoms with Crippen molar-refractivity contribution in [2.45, 2.75) is 12.3 Å². The molecule has 0 heterocycles. The van der Waals surface area contributed by atoms with Gasteiger partial charge in [0.15, 0.2) is 0 Å². The fourth-order valence-corrected chi connectivity index (χ4v) is 2.35. The summed E-state index contributed by atoms with van der Waals surface area (Å²) in [6.45, 7) is 0.682. The lowest BCUT2D eigenvalue weighted by Crippen LogP contribution is -2.09. The van der Waals surface area contributed by atoms with E-state index in [1.165, 1.54) is 0 Å². The lowest BCUT2D eigenvalue weighted by atomic mass is 9.97. The average Bonchev–Trinajstić information content (AvgIpc) is 2.53. The quantitative estimate of drug-likeness (QED) is 0.819. The molecule has 1 N–H and O–H groups in total. The molecule has 1 unspecified atom stereocenters. The highest BCUT2D eigenvalue weighted by molar-refractivity contribution is 9.10. The molecule has 0 bridgehead atoms. The summed E-state index contributed by atoms with van der Waals surface area (Å²) >= 11 is 3.41. The second-order valence-electron chi connectivity index (χ2n) is 4.74. The molecular formula is C17H19BrO3. The van der Waals surface area contributed by atoms with Crippen molar-refractivity contribution in [2.75, 3.05) is 20.3 Å². The van der Waals surface area contributed by atoms with Crippen LogP contribution in [0.15, 0.2) is 53.0 Å². The summed E-state index contributed by atoms with van der Waals surface area (Å²) in [4.78, 5) is 0. The fourth-order valence-electron chi connectivity index (χ4n) is 2.09. The number of benzene rings is 2. The molecule has 0 saturated carbocycles. The third-order valence-electron chi connectivity index (χ3n) is 3.36. The van der Waals surface area contributed by atoms with E-state index in [9.17, 15) is 5.11 Å². The number of aliphatic hydroxyl groups is 1. The Morgan fingerprint density at radius 1 is 1.00 bits per heavy atom. The fraction of sp³-hybridized carbons (Fsp3) is 0.294. The van der Waals surface area contributed by atoms with Crippen molar-refractivity contribution in [1.82, 2.24) is 0 Å². The van der Waals surface area contributed by atoms with Crippen LogP contribution in [-0.4, -0.2) is 25.4 Å². The minimum Gasteiger partial charge on any atom is -0.497 e. The van der Waals surface area contributed by atoms with Crippen molar-refractivity contribution in [1.29, 1.82) is 0 Å².